The van der Waals surface area contributed by atoms with E-state index in [-0.39, 0.29) is 11.5 Å². The van der Waals surface area contributed by atoms with Crippen LogP contribution in [0.5, 0.6) is 0 Å². The lowest BCUT2D eigenvalue weighted by molar-refractivity contribution is 0.0607. The molecule has 78 valence electrons. The first-order valence-electron chi connectivity index (χ1n) is 4.77. The summed E-state index contributed by atoms with van der Waals surface area (Å²) >= 11 is 3.44. The minimum Gasteiger partial charge on any atom is -0.381 e. The second-order valence-corrected chi connectivity index (χ2v) is 5.02. The monoisotopic (exact) mass is 256 g/mol. The first-order chi connectivity index (χ1) is 6.48. The average molecular weight is 257 g/mol. The highest BCUT2D eigenvalue weighted by Crippen LogP contribution is 2.29. The van der Waals surface area contributed by atoms with Gasteiger partial charge in [0.15, 0.2) is 0 Å². The molecule has 0 N–H and O–H groups in total. The molecule has 0 aliphatic carbocycles. The second-order valence-electron chi connectivity index (χ2n) is 4.11. The molecular weight excluding hydrogens is 240 g/mol. The highest BCUT2D eigenvalue weighted by atomic mass is 79.9. The van der Waals surface area contributed by atoms with Crippen molar-refractivity contribution < 1.29 is 4.74 Å². The molecule has 0 bridgehead atoms. The number of rotatable bonds is 3. The van der Waals surface area contributed by atoms with Crippen LogP contribution in [-0.4, -0.2) is 13.2 Å². The Hall–Kier alpha value is -0.340. The third kappa shape index (κ3) is 2.37. The molecule has 0 fully saturated rings. The van der Waals surface area contributed by atoms with Gasteiger partial charge in [-0.05, 0) is 24.6 Å². The third-order valence-corrected chi connectivity index (χ3v) is 3.49. The van der Waals surface area contributed by atoms with E-state index in [2.05, 4.69) is 61.0 Å². The molecule has 2 heteroatoms. The number of hydrogen-bond acceptors (Lipinski definition) is 1. The van der Waals surface area contributed by atoms with Crippen molar-refractivity contribution in [3.05, 3.63) is 34.3 Å². The summed E-state index contributed by atoms with van der Waals surface area (Å²) < 4.78 is 6.50. The van der Waals surface area contributed by atoms with E-state index in [0.717, 1.165) is 4.47 Å². The summed E-state index contributed by atoms with van der Waals surface area (Å²) in [6.45, 7) is 6.50. The number of hydrogen-bond donors (Lipinski definition) is 0. The highest BCUT2D eigenvalue weighted by molar-refractivity contribution is 9.10. The Morgan fingerprint density at radius 2 is 1.71 bits per heavy atom. The van der Waals surface area contributed by atoms with Gasteiger partial charge >= 0.3 is 0 Å². The lowest BCUT2D eigenvalue weighted by Crippen LogP contribution is -2.32. The van der Waals surface area contributed by atoms with Gasteiger partial charge in [0.2, 0.25) is 0 Å². The van der Waals surface area contributed by atoms with Crippen LogP contribution in [0.25, 0.3) is 0 Å². The molecule has 0 aliphatic heterocycles. The first kappa shape index (κ1) is 11.7. The van der Waals surface area contributed by atoms with Crippen molar-refractivity contribution in [2.24, 2.45) is 0 Å². The van der Waals surface area contributed by atoms with Crippen molar-refractivity contribution in [2.45, 2.75) is 32.3 Å². The molecule has 1 atom stereocenters. The van der Waals surface area contributed by atoms with Crippen LogP contribution in [-0.2, 0) is 10.2 Å². The van der Waals surface area contributed by atoms with Gasteiger partial charge in [0.05, 0.1) is 6.10 Å². The molecule has 1 nitrogen and oxygen atoms in total. The summed E-state index contributed by atoms with van der Waals surface area (Å²) in [5.74, 6) is 0. The molecule has 0 radical (unpaired) electrons. The fraction of sp³-hybridized carbons (Fsp3) is 0.500. The van der Waals surface area contributed by atoms with E-state index in [1.54, 1.807) is 7.11 Å². The summed E-state index contributed by atoms with van der Waals surface area (Å²) in [7, 11) is 1.76. The molecule has 1 aromatic carbocycles. The van der Waals surface area contributed by atoms with Crippen LogP contribution in [0.4, 0.5) is 0 Å². The van der Waals surface area contributed by atoms with Gasteiger partial charge in [0.25, 0.3) is 0 Å². The zero-order valence-electron chi connectivity index (χ0n) is 9.17. The van der Waals surface area contributed by atoms with E-state index < -0.39 is 0 Å². The Morgan fingerprint density at radius 3 is 2.14 bits per heavy atom. The smallest absolute Gasteiger partial charge is 0.0634 e. The minimum absolute atomic E-state index is 0.0510. The molecule has 0 amide bonds. The lowest BCUT2D eigenvalue weighted by atomic mass is 9.80. The molecule has 0 aliphatic rings. The molecule has 0 aromatic heterocycles. The Labute approximate surface area is 94.6 Å². The molecule has 1 rings (SSSR count). The number of halogens is 1. The third-order valence-electron chi connectivity index (χ3n) is 2.96. The van der Waals surface area contributed by atoms with Gasteiger partial charge in [-0.3, -0.25) is 0 Å². The summed E-state index contributed by atoms with van der Waals surface area (Å²) in [6.07, 6.45) is 0.212. The predicted octanol–water partition coefficient (Wildman–Crippen LogP) is 3.76. The largest absolute Gasteiger partial charge is 0.381 e. The number of ether oxygens (including phenoxy) is 1. The second kappa shape index (κ2) is 4.45. The summed E-state index contributed by atoms with van der Waals surface area (Å²) in [6, 6.07) is 8.41. The topological polar surface area (TPSA) is 9.23 Å². The van der Waals surface area contributed by atoms with Crippen molar-refractivity contribution in [1.29, 1.82) is 0 Å². The van der Waals surface area contributed by atoms with Gasteiger partial charge in [-0.2, -0.15) is 0 Å². The number of benzene rings is 1. The van der Waals surface area contributed by atoms with Crippen molar-refractivity contribution in [2.75, 3.05) is 7.11 Å². The van der Waals surface area contributed by atoms with E-state index >= 15 is 0 Å². The van der Waals surface area contributed by atoms with Crippen LogP contribution in [0.3, 0.4) is 0 Å². The molecule has 1 aromatic rings. The summed E-state index contributed by atoms with van der Waals surface area (Å²) in [5.41, 5.74) is 1.35. The summed E-state index contributed by atoms with van der Waals surface area (Å²) in [5, 5.41) is 0. The van der Waals surface area contributed by atoms with Gasteiger partial charge < -0.3 is 4.74 Å². The van der Waals surface area contributed by atoms with Crippen molar-refractivity contribution >= 4 is 15.9 Å². The van der Waals surface area contributed by atoms with Gasteiger partial charge in [-0.1, -0.05) is 41.9 Å². The standard InChI is InChI=1S/C12H17BrO/c1-9(14-4)12(2,3)10-5-7-11(13)8-6-10/h5-9H,1-4H3. The predicted molar refractivity (Wildman–Crippen MR) is 63.6 cm³/mol. The molecule has 0 spiro atoms. The Bertz CT molecular complexity index is 290. The van der Waals surface area contributed by atoms with Crippen LogP contribution in [0.1, 0.15) is 26.3 Å². The van der Waals surface area contributed by atoms with Gasteiger partial charge in [0, 0.05) is 17.0 Å². The van der Waals surface area contributed by atoms with Gasteiger partial charge in [-0.25, -0.2) is 0 Å². The van der Waals surface area contributed by atoms with E-state index in [0.29, 0.717) is 0 Å². The van der Waals surface area contributed by atoms with Crippen molar-refractivity contribution in [3.8, 4) is 0 Å². The Balaban J connectivity index is 2.97. The van der Waals surface area contributed by atoms with Crippen LogP contribution in [0.15, 0.2) is 28.7 Å². The zero-order chi connectivity index (χ0) is 10.8. The molecule has 0 saturated heterocycles. The maximum Gasteiger partial charge on any atom is 0.0634 e. The average Bonchev–Trinajstić information content (AvgIpc) is 2.17. The van der Waals surface area contributed by atoms with Crippen molar-refractivity contribution in [1.82, 2.24) is 0 Å². The maximum atomic E-state index is 5.39. The first-order valence-corrected chi connectivity index (χ1v) is 5.56. The SMILES string of the molecule is COC(C)C(C)(C)c1ccc(Br)cc1. The zero-order valence-corrected chi connectivity index (χ0v) is 10.8. The Morgan fingerprint density at radius 1 is 1.21 bits per heavy atom. The molecule has 14 heavy (non-hydrogen) atoms. The normalized spacial score (nSPS) is 14.1. The van der Waals surface area contributed by atoms with E-state index in [1.807, 2.05) is 0 Å². The van der Waals surface area contributed by atoms with Crippen LogP contribution in [0.2, 0.25) is 0 Å². The lowest BCUT2D eigenvalue weighted by Gasteiger charge is -2.31. The molecule has 0 saturated carbocycles. The van der Waals surface area contributed by atoms with E-state index in [4.69, 9.17) is 4.74 Å². The Kier molecular flexibility index (Phi) is 3.73. The minimum atomic E-state index is 0.0510. The van der Waals surface area contributed by atoms with Gasteiger partial charge in [-0.15, -0.1) is 0 Å². The van der Waals surface area contributed by atoms with E-state index in [9.17, 15) is 0 Å². The maximum absolute atomic E-state index is 5.39. The van der Waals surface area contributed by atoms with Crippen LogP contribution >= 0.6 is 15.9 Å². The summed E-state index contributed by atoms with van der Waals surface area (Å²) in [4.78, 5) is 0. The molecular formula is C12H17BrO. The number of methoxy groups -OCH3 is 1. The van der Waals surface area contributed by atoms with Crippen LogP contribution < -0.4 is 0 Å². The fourth-order valence-electron chi connectivity index (χ4n) is 1.41. The quantitative estimate of drug-likeness (QED) is 0.801. The fourth-order valence-corrected chi connectivity index (χ4v) is 1.67. The highest BCUT2D eigenvalue weighted by Gasteiger charge is 2.27. The van der Waals surface area contributed by atoms with Crippen LogP contribution in [0, 0.1) is 0 Å². The molecule has 1 unspecified atom stereocenters. The molecule has 0 heterocycles. The van der Waals surface area contributed by atoms with E-state index in [1.165, 1.54) is 5.56 Å². The van der Waals surface area contributed by atoms with Gasteiger partial charge in [0.1, 0.15) is 0 Å². The van der Waals surface area contributed by atoms with Crippen molar-refractivity contribution in [3.63, 3.8) is 0 Å².